The van der Waals surface area contributed by atoms with Crippen LogP contribution in [0.1, 0.15) is 30.6 Å². The molecule has 0 spiro atoms. The van der Waals surface area contributed by atoms with Crippen molar-refractivity contribution in [2.24, 2.45) is 5.92 Å². The number of nitrogens with zero attached hydrogens (tertiary/aromatic N) is 1. The highest BCUT2D eigenvalue weighted by molar-refractivity contribution is 8.26. The number of thiophene rings is 1. The van der Waals surface area contributed by atoms with Crippen molar-refractivity contribution in [3.05, 3.63) is 51.1 Å². The lowest BCUT2D eigenvalue weighted by molar-refractivity contribution is -0.137. The quantitative estimate of drug-likeness (QED) is 0.407. The van der Waals surface area contributed by atoms with Gasteiger partial charge in [0.1, 0.15) is 4.32 Å². The number of hydrogen-bond acceptors (Lipinski definition) is 6. The Kier molecular flexibility index (Phi) is 7.44. The molecular weight excluding hydrogens is 502 g/mol. The minimum Gasteiger partial charge on any atom is -0.481 e. The predicted octanol–water partition coefficient (Wildman–Crippen LogP) is 4.65. The van der Waals surface area contributed by atoms with Crippen LogP contribution in [0.25, 0.3) is 17.2 Å². The first-order chi connectivity index (χ1) is 16.2. The predicted molar refractivity (Wildman–Crippen MR) is 131 cm³/mol. The van der Waals surface area contributed by atoms with Crippen molar-refractivity contribution in [1.29, 1.82) is 0 Å². The molecule has 2 N–H and O–H groups in total. The van der Waals surface area contributed by atoms with Crippen LogP contribution in [0, 0.1) is 17.6 Å². The average Bonchev–Trinajstić information content (AvgIpc) is 3.50. The summed E-state index contributed by atoms with van der Waals surface area (Å²) in [4.78, 5) is 38.8. The number of rotatable bonds is 7. The zero-order valence-electron chi connectivity index (χ0n) is 17.8. The fourth-order valence-corrected chi connectivity index (χ4v) is 6.36. The molecule has 34 heavy (non-hydrogen) atoms. The number of benzene rings is 1. The summed E-state index contributed by atoms with van der Waals surface area (Å²) in [7, 11) is 0. The van der Waals surface area contributed by atoms with Crippen LogP contribution < -0.4 is 5.32 Å². The van der Waals surface area contributed by atoms with Gasteiger partial charge in [-0.2, -0.15) is 0 Å². The summed E-state index contributed by atoms with van der Waals surface area (Å²) in [6, 6.07) is 5.33. The van der Waals surface area contributed by atoms with E-state index >= 15 is 0 Å². The van der Waals surface area contributed by atoms with E-state index in [9.17, 15) is 23.2 Å². The Morgan fingerprint density at radius 2 is 2.00 bits per heavy atom. The SMILES string of the molecule is O=C(O)CCNC(=O)[C@H]1CC[C@@H](N2C(=O)C(=Cc3cc(-c4ccc(F)c(F)c4)cs3)SC2=S)C1. The highest BCUT2D eigenvalue weighted by Gasteiger charge is 2.42. The van der Waals surface area contributed by atoms with Crippen LogP contribution in [0.15, 0.2) is 34.6 Å². The second kappa shape index (κ2) is 10.3. The molecule has 1 aromatic carbocycles. The van der Waals surface area contributed by atoms with E-state index in [1.54, 1.807) is 17.0 Å². The summed E-state index contributed by atoms with van der Waals surface area (Å²) in [6.45, 7) is 0.0759. The molecule has 2 fully saturated rings. The summed E-state index contributed by atoms with van der Waals surface area (Å²) in [6.07, 6.45) is 3.30. The molecule has 1 saturated carbocycles. The Hall–Kier alpha value is -2.63. The maximum atomic E-state index is 13.6. The first-order valence-corrected chi connectivity index (χ1v) is 12.6. The summed E-state index contributed by atoms with van der Waals surface area (Å²) < 4.78 is 27.2. The molecule has 11 heteroatoms. The van der Waals surface area contributed by atoms with E-state index in [-0.39, 0.29) is 36.7 Å². The maximum absolute atomic E-state index is 13.6. The van der Waals surface area contributed by atoms with Crippen molar-refractivity contribution in [3.63, 3.8) is 0 Å². The molecule has 178 valence electrons. The van der Waals surface area contributed by atoms with Crippen LogP contribution in [-0.4, -0.2) is 44.7 Å². The normalized spacial score (nSPS) is 21.5. The molecule has 2 amide bonds. The topological polar surface area (TPSA) is 86.7 Å². The highest BCUT2D eigenvalue weighted by atomic mass is 32.2. The van der Waals surface area contributed by atoms with Gasteiger partial charge >= 0.3 is 5.97 Å². The Labute approximate surface area is 208 Å². The number of halogens is 2. The van der Waals surface area contributed by atoms with E-state index in [1.807, 2.05) is 5.38 Å². The Morgan fingerprint density at radius 1 is 1.21 bits per heavy atom. The van der Waals surface area contributed by atoms with E-state index in [0.29, 0.717) is 34.1 Å². The fourth-order valence-electron chi connectivity index (χ4n) is 4.05. The molecule has 2 heterocycles. The molecule has 2 aromatic rings. The van der Waals surface area contributed by atoms with Crippen molar-refractivity contribution in [3.8, 4) is 11.1 Å². The van der Waals surface area contributed by atoms with E-state index in [2.05, 4.69) is 5.32 Å². The van der Waals surface area contributed by atoms with Crippen LogP contribution in [0.5, 0.6) is 0 Å². The molecule has 0 radical (unpaired) electrons. The molecule has 4 rings (SSSR count). The number of aliphatic carboxylic acids is 1. The van der Waals surface area contributed by atoms with Crippen molar-refractivity contribution < 1.29 is 28.3 Å². The lowest BCUT2D eigenvalue weighted by Crippen LogP contribution is -2.38. The minimum atomic E-state index is -0.975. The third-order valence-electron chi connectivity index (χ3n) is 5.75. The van der Waals surface area contributed by atoms with Crippen molar-refractivity contribution in [2.45, 2.75) is 31.7 Å². The number of thioether (sulfide) groups is 1. The molecule has 2 aliphatic rings. The number of carboxylic acid groups (broad SMARTS) is 1. The van der Waals surface area contributed by atoms with E-state index in [0.717, 1.165) is 22.6 Å². The van der Waals surface area contributed by atoms with E-state index in [1.165, 1.54) is 29.2 Å². The average molecular weight is 523 g/mol. The molecule has 1 aliphatic heterocycles. The second-order valence-electron chi connectivity index (χ2n) is 8.02. The second-order valence-corrected chi connectivity index (χ2v) is 10.6. The number of carbonyl (C=O) groups is 3. The van der Waals surface area contributed by atoms with Gasteiger partial charge in [0.05, 0.1) is 11.3 Å². The third-order valence-corrected chi connectivity index (χ3v) is 7.96. The number of thiocarbonyl (C=S) groups is 1. The van der Waals surface area contributed by atoms with Gasteiger partial charge in [-0.05, 0) is 60.0 Å². The summed E-state index contributed by atoms with van der Waals surface area (Å²) in [5.74, 6) is -3.51. The molecular formula is C23H20F2N2O4S3. The maximum Gasteiger partial charge on any atom is 0.305 e. The minimum absolute atomic E-state index is 0.0759. The summed E-state index contributed by atoms with van der Waals surface area (Å²) in [5, 5.41) is 13.1. The largest absolute Gasteiger partial charge is 0.481 e. The zero-order chi connectivity index (χ0) is 24.4. The van der Waals surface area contributed by atoms with E-state index in [4.69, 9.17) is 17.3 Å². The van der Waals surface area contributed by atoms with Crippen LogP contribution in [0.4, 0.5) is 8.78 Å². The van der Waals surface area contributed by atoms with Crippen molar-refractivity contribution in [1.82, 2.24) is 10.2 Å². The van der Waals surface area contributed by atoms with Crippen LogP contribution in [0.3, 0.4) is 0 Å². The van der Waals surface area contributed by atoms with E-state index < -0.39 is 17.6 Å². The van der Waals surface area contributed by atoms with Crippen molar-refractivity contribution >= 4 is 63.5 Å². The van der Waals surface area contributed by atoms with Gasteiger partial charge in [0.15, 0.2) is 11.6 Å². The van der Waals surface area contributed by atoms with Gasteiger partial charge in [-0.25, -0.2) is 8.78 Å². The molecule has 0 unspecified atom stereocenters. The summed E-state index contributed by atoms with van der Waals surface area (Å²) >= 11 is 8.02. The standard InChI is InChI=1S/C23H20F2N2O4S3/c24-17-4-2-12(9-18(17)25)14-8-16(33-11-14)10-19-22(31)27(23(32)34-19)15-3-1-13(7-15)21(30)26-6-5-20(28)29/h2,4,8-11,13,15H,1,3,5-7H2,(H,26,30)(H,28,29)/t13-,15+/m0/s1. The Morgan fingerprint density at radius 3 is 2.74 bits per heavy atom. The molecule has 0 bridgehead atoms. The van der Waals surface area contributed by atoms with Gasteiger partial charge in [-0.15, -0.1) is 11.3 Å². The van der Waals surface area contributed by atoms with Crippen molar-refractivity contribution in [2.75, 3.05) is 6.54 Å². The fraction of sp³-hybridized carbons (Fsp3) is 0.304. The zero-order valence-corrected chi connectivity index (χ0v) is 20.2. The van der Waals surface area contributed by atoms with Crippen LogP contribution >= 0.6 is 35.3 Å². The van der Waals surface area contributed by atoms with Gasteiger partial charge in [0, 0.05) is 23.4 Å². The Balaban J connectivity index is 1.41. The first kappa shape index (κ1) is 24.5. The highest BCUT2D eigenvalue weighted by Crippen LogP contribution is 2.40. The number of nitrogens with one attached hydrogen (secondary N) is 1. The van der Waals surface area contributed by atoms with Crippen LogP contribution in [-0.2, 0) is 14.4 Å². The van der Waals surface area contributed by atoms with Gasteiger partial charge in [0.25, 0.3) is 5.91 Å². The Bertz CT molecular complexity index is 1200. The monoisotopic (exact) mass is 522 g/mol. The molecule has 1 saturated heterocycles. The molecule has 2 atom stereocenters. The van der Waals surface area contributed by atoms with Crippen LogP contribution in [0.2, 0.25) is 0 Å². The first-order valence-electron chi connectivity index (χ1n) is 10.5. The molecule has 1 aliphatic carbocycles. The smallest absolute Gasteiger partial charge is 0.305 e. The van der Waals surface area contributed by atoms with Gasteiger partial charge in [-0.1, -0.05) is 30.0 Å². The third kappa shape index (κ3) is 5.37. The number of carboxylic acids is 1. The lowest BCUT2D eigenvalue weighted by atomic mass is 10.1. The van der Waals surface area contributed by atoms with Gasteiger partial charge < -0.3 is 10.4 Å². The van der Waals surface area contributed by atoms with Gasteiger partial charge in [-0.3, -0.25) is 19.3 Å². The number of amides is 2. The van der Waals surface area contributed by atoms with Gasteiger partial charge in [0.2, 0.25) is 5.91 Å². The lowest BCUT2D eigenvalue weighted by Gasteiger charge is -2.22. The molecule has 1 aromatic heterocycles. The summed E-state index contributed by atoms with van der Waals surface area (Å²) in [5.41, 5.74) is 1.26. The number of carbonyl (C=O) groups excluding carboxylic acids is 2. The molecule has 6 nitrogen and oxygen atoms in total. The number of hydrogen-bond donors (Lipinski definition) is 2.